The topological polar surface area (TPSA) is 120 Å². The summed E-state index contributed by atoms with van der Waals surface area (Å²) < 4.78 is 10.3. The van der Waals surface area contributed by atoms with Crippen molar-refractivity contribution in [2.24, 2.45) is 5.73 Å². The van der Waals surface area contributed by atoms with E-state index in [0.717, 1.165) is 11.1 Å². The van der Waals surface area contributed by atoms with Crippen LogP contribution in [0.2, 0.25) is 0 Å². The number of methoxy groups -OCH3 is 1. The first-order valence-electron chi connectivity index (χ1n) is 8.60. The number of aryl methyl sites for hydroxylation is 1. The largest absolute Gasteiger partial charge is 0.495 e. The van der Waals surface area contributed by atoms with Crippen LogP contribution in [-0.4, -0.2) is 31.1 Å². The van der Waals surface area contributed by atoms with Crippen molar-refractivity contribution >= 4 is 23.6 Å². The molecule has 0 aromatic heterocycles. The summed E-state index contributed by atoms with van der Waals surface area (Å²) in [5.74, 6) is -0.900. The lowest BCUT2D eigenvalue weighted by molar-refractivity contribution is -0.123. The number of hydrogen-bond donors (Lipinski definition) is 3. The molecule has 0 bridgehead atoms. The van der Waals surface area contributed by atoms with E-state index in [9.17, 15) is 14.4 Å². The fraction of sp³-hybridized carbons (Fsp3) is 0.250. The molecule has 3 amide bonds. The van der Waals surface area contributed by atoms with Gasteiger partial charge in [-0.3, -0.25) is 9.59 Å². The number of rotatable bonds is 8. The second-order valence-electron chi connectivity index (χ2n) is 6.12. The summed E-state index contributed by atoms with van der Waals surface area (Å²) in [5.41, 5.74) is 7.32. The van der Waals surface area contributed by atoms with E-state index in [1.807, 2.05) is 31.2 Å². The van der Waals surface area contributed by atoms with Gasteiger partial charge in [-0.05, 0) is 30.2 Å². The number of amides is 3. The van der Waals surface area contributed by atoms with Crippen LogP contribution in [0.5, 0.6) is 5.75 Å². The molecule has 0 saturated heterocycles. The zero-order valence-corrected chi connectivity index (χ0v) is 15.7. The summed E-state index contributed by atoms with van der Waals surface area (Å²) in [6, 6.07) is 13.1. The molecule has 8 nitrogen and oxygen atoms in total. The Kier molecular flexibility index (Phi) is 7.38. The molecule has 0 aliphatic heterocycles. The average Bonchev–Trinajstić information content (AvgIpc) is 2.66. The quantitative estimate of drug-likeness (QED) is 0.643. The number of alkyl carbamates (subject to hydrolysis) is 1. The van der Waals surface area contributed by atoms with Gasteiger partial charge in [-0.25, -0.2) is 4.79 Å². The van der Waals surface area contributed by atoms with Crippen LogP contribution in [-0.2, 0) is 20.9 Å². The number of nitrogens with one attached hydrogen (secondary N) is 2. The Morgan fingerprint density at radius 3 is 2.46 bits per heavy atom. The minimum absolute atomic E-state index is 0.0310. The summed E-state index contributed by atoms with van der Waals surface area (Å²) >= 11 is 0. The predicted octanol–water partition coefficient (Wildman–Crippen LogP) is 2.11. The van der Waals surface area contributed by atoms with Gasteiger partial charge in [0.15, 0.2) is 0 Å². The lowest BCUT2D eigenvalue weighted by Crippen LogP contribution is -2.46. The van der Waals surface area contributed by atoms with Crippen molar-refractivity contribution in [1.29, 1.82) is 0 Å². The van der Waals surface area contributed by atoms with E-state index < -0.39 is 23.9 Å². The van der Waals surface area contributed by atoms with Crippen LogP contribution in [0, 0.1) is 6.92 Å². The molecule has 2 rings (SSSR count). The minimum atomic E-state index is -1.19. The van der Waals surface area contributed by atoms with Crippen LogP contribution in [0.3, 0.4) is 0 Å². The number of anilines is 1. The van der Waals surface area contributed by atoms with Crippen LogP contribution in [0.1, 0.15) is 17.5 Å². The molecule has 1 atom stereocenters. The van der Waals surface area contributed by atoms with Crippen LogP contribution in [0.25, 0.3) is 0 Å². The molecule has 148 valence electrons. The maximum Gasteiger partial charge on any atom is 0.408 e. The minimum Gasteiger partial charge on any atom is -0.495 e. The fourth-order valence-corrected chi connectivity index (χ4v) is 2.46. The molecule has 0 aliphatic rings. The third-order valence-corrected chi connectivity index (χ3v) is 3.84. The Hall–Kier alpha value is -3.55. The highest BCUT2D eigenvalue weighted by Crippen LogP contribution is 2.25. The van der Waals surface area contributed by atoms with Crippen LogP contribution >= 0.6 is 0 Å². The second-order valence-corrected chi connectivity index (χ2v) is 6.12. The van der Waals surface area contributed by atoms with E-state index in [4.69, 9.17) is 15.2 Å². The van der Waals surface area contributed by atoms with Crippen molar-refractivity contribution in [1.82, 2.24) is 5.32 Å². The molecule has 2 aromatic rings. The molecule has 4 N–H and O–H groups in total. The third-order valence-electron chi connectivity index (χ3n) is 3.84. The van der Waals surface area contributed by atoms with Crippen molar-refractivity contribution in [2.45, 2.75) is 26.0 Å². The molecular weight excluding hydrogens is 362 g/mol. The van der Waals surface area contributed by atoms with Gasteiger partial charge in [-0.1, -0.05) is 36.4 Å². The van der Waals surface area contributed by atoms with Crippen LogP contribution in [0.4, 0.5) is 10.5 Å². The van der Waals surface area contributed by atoms with Gasteiger partial charge in [0, 0.05) is 0 Å². The first-order chi connectivity index (χ1) is 13.4. The lowest BCUT2D eigenvalue weighted by atomic mass is 10.1. The molecule has 0 unspecified atom stereocenters. The Morgan fingerprint density at radius 2 is 1.82 bits per heavy atom. The summed E-state index contributed by atoms with van der Waals surface area (Å²) in [5, 5.41) is 5.02. The van der Waals surface area contributed by atoms with Crippen LogP contribution in [0.15, 0.2) is 48.5 Å². The van der Waals surface area contributed by atoms with Gasteiger partial charge in [-0.15, -0.1) is 0 Å². The van der Waals surface area contributed by atoms with Gasteiger partial charge in [0.1, 0.15) is 18.4 Å². The Labute approximate surface area is 163 Å². The number of benzene rings is 2. The molecule has 0 fully saturated rings. The van der Waals surface area contributed by atoms with E-state index in [2.05, 4.69) is 10.6 Å². The zero-order chi connectivity index (χ0) is 20.5. The lowest BCUT2D eigenvalue weighted by Gasteiger charge is -2.18. The highest BCUT2D eigenvalue weighted by molar-refractivity contribution is 6.00. The highest BCUT2D eigenvalue weighted by Gasteiger charge is 2.24. The van der Waals surface area contributed by atoms with E-state index in [1.54, 1.807) is 24.3 Å². The van der Waals surface area contributed by atoms with Crippen molar-refractivity contribution in [3.05, 3.63) is 59.7 Å². The summed E-state index contributed by atoms with van der Waals surface area (Å²) in [6.07, 6.45) is -1.21. The first kappa shape index (κ1) is 20.8. The molecule has 0 radical (unpaired) electrons. The molecule has 0 heterocycles. The van der Waals surface area contributed by atoms with Gasteiger partial charge in [0.25, 0.3) is 0 Å². The summed E-state index contributed by atoms with van der Waals surface area (Å²) in [6.45, 7) is 1.89. The second kappa shape index (κ2) is 9.96. The molecule has 0 aliphatic carbocycles. The van der Waals surface area contributed by atoms with Gasteiger partial charge in [0.05, 0.1) is 19.2 Å². The van der Waals surface area contributed by atoms with Crippen molar-refractivity contribution in [3.8, 4) is 5.75 Å². The molecule has 0 spiro atoms. The van der Waals surface area contributed by atoms with Gasteiger partial charge < -0.3 is 25.8 Å². The zero-order valence-electron chi connectivity index (χ0n) is 15.7. The standard InChI is InChI=1S/C20H23N3O5/c1-13-8-9-17(27-2)15(10-13)22-19(25)16(11-18(21)24)23-20(26)28-12-14-6-4-3-5-7-14/h3-10,16H,11-12H2,1-2H3,(H2,21,24)(H,22,25)(H,23,26)/t16-/m1/s1. The van der Waals surface area contributed by atoms with Gasteiger partial charge in [-0.2, -0.15) is 0 Å². The Bertz CT molecular complexity index is 839. The number of nitrogens with two attached hydrogens (primary N) is 1. The smallest absolute Gasteiger partial charge is 0.408 e. The normalized spacial score (nSPS) is 11.2. The SMILES string of the molecule is COc1ccc(C)cc1NC(=O)[C@@H](CC(N)=O)NC(=O)OCc1ccccc1. The van der Waals surface area contributed by atoms with E-state index in [0.29, 0.717) is 11.4 Å². The Morgan fingerprint density at radius 1 is 1.11 bits per heavy atom. The monoisotopic (exact) mass is 385 g/mol. The van der Waals surface area contributed by atoms with Crippen molar-refractivity contribution < 1.29 is 23.9 Å². The summed E-state index contributed by atoms with van der Waals surface area (Å²) in [4.78, 5) is 36.0. The van der Waals surface area contributed by atoms with Crippen molar-refractivity contribution in [2.75, 3.05) is 12.4 Å². The van der Waals surface area contributed by atoms with Crippen molar-refractivity contribution in [3.63, 3.8) is 0 Å². The van der Waals surface area contributed by atoms with Crippen LogP contribution < -0.4 is 21.1 Å². The maximum atomic E-state index is 12.6. The molecule has 0 saturated carbocycles. The molecule has 8 heteroatoms. The van der Waals surface area contributed by atoms with E-state index >= 15 is 0 Å². The highest BCUT2D eigenvalue weighted by atomic mass is 16.5. The Balaban J connectivity index is 2.03. The van der Waals surface area contributed by atoms with Gasteiger partial charge in [0.2, 0.25) is 11.8 Å². The predicted molar refractivity (Wildman–Crippen MR) is 104 cm³/mol. The number of hydrogen-bond acceptors (Lipinski definition) is 5. The fourth-order valence-electron chi connectivity index (χ4n) is 2.46. The van der Waals surface area contributed by atoms with Gasteiger partial charge >= 0.3 is 6.09 Å². The first-order valence-corrected chi connectivity index (χ1v) is 8.60. The molecule has 28 heavy (non-hydrogen) atoms. The number of carbonyl (C=O) groups is 3. The average molecular weight is 385 g/mol. The van der Waals surface area contributed by atoms with E-state index in [1.165, 1.54) is 7.11 Å². The number of primary amides is 1. The van der Waals surface area contributed by atoms with E-state index in [-0.39, 0.29) is 13.0 Å². The third kappa shape index (κ3) is 6.31. The molecular formula is C20H23N3O5. The molecule has 2 aromatic carbocycles. The maximum absolute atomic E-state index is 12.6. The number of ether oxygens (including phenoxy) is 2. The summed E-state index contributed by atoms with van der Waals surface area (Å²) in [7, 11) is 1.47. The number of carbonyl (C=O) groups excluding carboxylic acids is 3.